The molecule has 0 aliphatic carbocycles. The van der Waals surface area contributed by atoms with Gasteiger partial charge in [-0.15, -0.1) is 4.59 Å². The zero-order valence-electron chi connectivity index (χ0n) is 10.9. The molecule has 2 amide bonds. The Kier molecular flexibility index (Phi) is 3.75. The number of nitrogens with zero attached hydrogens (tertiary/aromatic N) is 2. The Labute approximate surface area is 125 Å². The van der Waals surface area contributed by atoms with Gasteiger partial charge in [0, 0.05) is 12.5 Å². The average Bonchev–Trinajstić information content (AvgIpc) is 2.71. The van der Waals surface area contributed by atoms with Crippen molar-refractivity contribution in [2.75, 3.05) is 7.05 Å². The van der Waals surface area contributed by atoms with E-state index in [9.17, 15) is 4.79 Å². The molecule has 0 aliphatic rings. The number of amides is 2. The second-order valence-corrected chi connectivity index (χ2v) is 5.26. The van der Waals surface area contributed by atoms with E-state index in [1.807, 2.05) is 0 Å². The molecule has 0 fully saturated rings. The maximum atomic E-state index is 11.6. The number of aryl methyl sites for hydroxylation is 1. The second-order valence-electron chi connectivity index (χ2n) is 4.45. The van der Waals surface area contributed by atoms with Crippen LogP contribution in [0.25, 0.3) is 11.3 Å². The molecule has 0 aliphatic heterocycles. The number of rotatable bonds is 2. The van der Waals surface area contributed by atoms with Gasteiger partial charge in [0.05, 0.1) is 10.0 Å². The zero-order valence-corrected chi connectivity index (χ0v) is 12.4. The molecule has 2 rings (SSSR count). The Morgan fingerprint density at radius 1 is 1.35 bits per heavy atom. The number of nitrogens with two attached hydrogens (primary N) is 2. The molecule has 1 aromatic carbocycles. The van der Waals surface area contributed by atoms with Crippen LogP contribution in [0.1, 0.15) is 5.76 Å². The summed E-state index contributed by atoms with van der Waals surface area (Å²) < 4.78 is 4.41. The zero-order chi connectivity index (χ0) is 15.1. The predicted octanol–water partition coefficient (Wildman–Crippen LogP) is 2.85. The molecule has 8 heteroatoms. The summed E-state index contributed by atoms with van der Waals surface area (Å²) in [5, 5.41) is 4.65. The first-order chi connectivity index (χ1) is 9.26. The van der Waals surface area contributed by atoms with E-state index < -0.39 is 10.6 Å². The predicted molar refractivity (Wildman–Crippen MR) is 78.2 cm³/mol. The topological polar surface area (TPSA) is 95.1 Å². The van der Waals surface area contributed by atoms with E-state index in [-0.39, 0.29) is 0 Å². The Hall–Kier alpha value is -1.60. The fourth-order valence-corrected chi connectivity index (χ4v) is 2.49. The van der Waals surface area contributed by atoms with Crippen LogP contribution in [0.5, 0.6) is 0 Å². The van der Waals surface area contributed by atoms with Crippen molar-refractivity contribution < 1.29 is 9.32 Å². The highest BCUT2D eigenvalue weighted by Gasteiger charge is 2.38. The van der Waals surface area contributed by atoms with Gasteiger partial charge >= 0.3 is 6.03 Å². The minimum absolute atomic E-state index is 0.293. The molecule has 6 nitrogen and oxygen atoms in total. The van der Waals surface area contributed by atoms with Gasteiger partial charge in [0.15, 0.2) is 11.5 Å². The molecule has 1 atom stereocenters. The maximum absolute atomic E-state index is 11.6. The van der Waals surface area contributed by atoms with E-state index >= 15 is 0 Å². The van der Waals surface area contributed by atoms with Crippen molar-refractivity contribution in [3.8, 4) is 11.3 Å². The van der Waals surface area contributed by atoms with Gasteiger partial charge in [-0.2, -0.15) is 5.84 Å². The second kappa shape index (κ2) is 5.06. The summed E-state index contributed by atoms with van der Waals surface area (Å²) in [6.07, 6.45) is 0. The van der Waals surface area contributed by atoms with E-state index in [0.29, 0.717) is 32.8 Å². The van der Waals surface area contributed by atoms with Gasteiger partial charge in [-0.3, -0.25) is 0 Å². The minimum Gasteiger partial charge on any atom is -0.354 e. The summed E-state index contributed by atoms with van der Waals surface area (Å²) in [5.74, 6) is 6.30. The van der Waals surface area contributed by atoms with E-state index in [1.165, 1.54) is 7.05 Å². The molecular formula is C12H13Cl2N4O2+. The smallest absolute Gasteiger partial charge is 0.354 e. The lowest BCUT2D eigenvalue weighted by molar-refractivity contribution is 0.219. The van der Waals surface area contributed by atoms with Crippen LogP contribution in [0.15, 0.2) is 22.7 Å². The number of halogens is 2. The van der Waals surface area contributed by atoms with Crippen LogP contribution in [0, 0.1) is 6.92 Å². The lowest BCUT2D eigenvalue weighted by Gasteiger charge is -2.22. The average molecular weight is 316 g/mol. The third kappa shape index (κ3) is 2.27. The first kappa shape index (κ1) is 14.8. The number of hydrogen-bond donors (Lipinski definition) is 2. The van der Waals surface area contributed by atoms with Gasteiger partial charge in [0.1, 0.15) is 7.05 Å². The van der Waals surface area contributed by atoms with Gasteiger partial charge < -0.3 is 10.3 Å². The maximum Gasteiger partial charge on any atom is 0.438 e. The van der Waals surface area contributed by atoms with Crippen LogP contribution in [0.3, 0.4) is 0 Å². The number of quaternary nitrogens is 1. The Morgan fingerprint density at radius 3 is 2.40 bits per heavy atom. The van der Waals surface area contributed by atoms with Gasteiger partial charge in [-0.1, -0.05) is 34.4 Å². The summed E-state index contributed by atoms with van der Waals surface area (Å²) >= 11 is 12.3. The summed E-state index contributed by atoms with van der Waals surface area (Å²) in [6.45, 7) is 1.63. The van der Waals surface area contributed by atoms with Crippen LogP contribution >= 0.6 is 23.2 Å². The fraction of sp³-hybridized carbons (Fsp3) is 0.167. The summed E-state index contributed by atoms with van der Waals surface area (Å²) in [5.41, 5.74) is 6.38. The molecule has 0 saturated carbocycles. The standard InChI is InChI=1S/C12H12Cl2N4O2/c1-6-11(18(2,16)12(15)19)10(17-20-6)9-7(13)4-3-5-8(9)14/h3-5H,16H2,1-2H3,(H-,15,19)/p+1. The van der Waals surface area contributed by atoms with Crippen molar-refractivity contribution in [3.63, 3.8) is 0 Å². The number of benzene rings is 1. The molecule has 0 spiro atoms. The van der Waals surface area contributed by atoms with Crippen LogP contribution in [0.4, 0.5) is 10.5 Å². The Morgan fingerprint density at radius 2 is 1.90 bits per heavy atom. The molecule has 1 unspecified atom stereocenters. The first-order valence-electron chi connectivity index (χ1n) is 5.63. The SMILES string of the molecule is Cc1onc(-c2c(Cl)cccc2Cl)c1[N+](C)(N)C(N)=O. The van der Waals surface area contributed by atoms with Gasteiger partial charge in [0.25, 0.3) is 0 Å². The van der Waals surface area contributed by atoms with Crippen molar-refractivity contribution in [1.82, 2.24) is 9.75 Å². The highest BCUT2D eigenvalue weighted by atomic mass is 35.5. The van der Waals surface area contributed by atoms with Crippen LogP contribution in [-0.4, -0.2) is 18.2 Å². The monoisotopic (exact) mass is 315 g/mol. The highest BCUT2D eigenvalue weighted by Crippen LogP contribution is 2.41. The molecular weight excluding hydrogens is 303 g/mol. The number of aromatic nitrogens is 1. The number of carbonyl (C=O) groups is 1. The van der Waals surface area contributed by atoms with Gasteiger partial charge in [-0.25, -0.2) is 4.79 Å². The molecule has 0 radical (unpaired) electrons. The molecule has 20 heavy (non-hydrogen) atoms. The van der Waals surface area contributed by atoms with Crippen molar-refractivity contribution >= 4 is 34.9 Å². The fourth-order valence-electron chi connectivity index (χ4n) is 1.91. The number of carbonyl (C=O) groups excluding carboxylic acids is 1. The van der Waals surface area contributed by atoms with Crippen molar-refractivity contribution in [3.05, 3.63) is 34.0 Å². The molecule has 4 N–H and O–H groups in total. The third-order valence-electron chi connectivity index (χ3n) is 2.95. The van der Waals surface area contributed by atoms with Gasteiger partial charge in [0.2, 0.25) is 5.69 Å². The summed E-state index contributed by atoms with van der Waals surface area (Å²) in [6, 6.07) is 4.25. The van der Waals surface area contributed by atoms with E-state index in [4.69, 9.17) is 39.3 Å². The lowest BCUT2D eigenvalue weighted by Crippen LogP contribution is -2.60. The van der Waals surface area contributed by atoms with E-state index in [2.05, 4.69) is 5.16 Å². The van der Waals surface area contributed by atoms with Crippen molar-refractivity contribution in [2.24, 2.45) is 11.6 Å². The summed E-state index contributed by atoms with van der Waals surface area (Å²) in [7, 11) is 1.43. The van der Waals surface area contributed by atoms with E-state index in [1.54, 1.807) is 25.1 Å². The van der Waals surface area contributed by atoms with Crippen LogP contribution in [0.2, 0.25) is 10.0 Å². The van der Waals surface area contributed by atoms with Crippen LogP contribution in [-0.2, 0) is 0 Å². The molecule has 0 bridgehead atoms. The van der Waals surface area contributed by atoms with Crippen molar-refractivity contribution in [1.29, 1.82) is 0 Å². The molecule has 1 heterocycles. The normalized spacial score (nSPS) is 14.1. The largest absolute Gasteiger partial charge is 0.438 e. The quantitative estimate of drug-likeness (QED) is 0.385. The number of hydrogen-bond acceptors (Lipinski definition) is 4. The van der Waals surface area contributed by atoms with E-state index in [0.717, 1.165) is 0 Å². The van der Waals surface area contributed by atoms with Gasteiger partial charge in [-0.05, 0) is 12.1 Å². The molecule has 0 saturated heterocycles. The molecule has 106 valence electrons. The number of urea groups is 1. The highest BCUT2D eigenvalue weighted by molar-refractivity contribution is 6.39. The van der Waals surface area contributed by atoms with Crippen LogP contribution < -0.4 is 16.2 Å². The first-order valence-corrected chi connectivity index (χ1v) is 6.38. The van der Waals surface area contributed by atoms with Crippen molar-refractivity contribution in [2.45, 2.75) is 6.92 Å². The summed E-state index contributed by atoms with van der Waals surface area (Å²) in [4.78, 5) is 11.6. The Bertz CT molecular complexity index is 662. The third-order valence-corrected chi connectivity index (χ3v) is 3.58. The molecule has 1 aromatic heterocycles. The molecule has 2 aromatic rings. The lowest BCUT2D eigenvalue weighted by atomic mass is 10.1. The number of primary amides is 1. The minimum atomic E-state index is -0.763. The Balaban J connectivity index is 2.76.